The molecule has 0 amide bonds. The van der Waals surface area contributed by atoms with Crippen molar-refractivity contribution in [1.82, 2.24) is 0 Å². The lowest BCUT2D eigenvalue weighted by atomic mass is 9.82. The van der Waals surface area contributed by atoms with Gasteiger partial charge in [0.15, 0.2) is 0 Å². The van der Waals surface area contributed by atoms with Crippen molar-refractivity contribution in [2.75, 3.05) is 0 Å². The van der Waals surface area contributed by atoms with Gasteiger partial charge in [-0.15, -0.1) is 0 Å². The van der Waals surface area contributed by atoms with Gasteiger partial charge in [0.25, 0.3) is 0 Å². The number of benzene rings is 1. The van der Waals surface area contributed by atoms with E-state index >= 15 is 0 Å². The van der Waals surface area contributed by atoms with Crippen LogP contribution in [0.15, 0.2) is 24.3 Å². The molecule has 1 atom stereocenters. The zero-order valence-corrected chi connectivity index (χ0v) is 10.2. The fourth-order valence-electron chi connectivity index (χ4n) is 2.45. The van der Waals surface area contributed by atoms with Gasteiger partial charge in [-0.3, -0.25) is 4.79 Å². The standard InChI is InChI=1S/C15H20O/c1-11(2)12-7-9-13(10-8-12)14-5-3-4-6-15(14)16/h7-11,14H,3-6H2,1-2H3/t14-/m1/s1. The van der Waals surface area contributed by atoms with Gasteiger partial charge < -0.3 is 0 Å². The van der Waals surface area contributed by atoms with Crippen LogP contribution in [0.1, 0.15) is 62.5 Å². The van der Waals surface area contributed by atoms with Gasteiger partial charge in [0, 0.05) is 12.3 Å². The summed E-state index contributed by atoms with van der Waals surface area (Å²) in [4.78, 5) is 11.8. The molecule has 0 saturated heterocycles. The molecule has 0 bridgehead atoms. The summed E-state index contributed by atoms with van der Waals surface area (Å²) in [7, 11) is 0. The number of carbonyl (C=O) groups excluding carboxylic acids is 1. The van der Waals surface area contributed by atoms with E-state index in [4.69, 9.17) is 0 Å². The second-order valence-electron chi connectivity index (χ2n) is 5.09. The molecule has 2 rings (SSSR count). The predicted octanol–water partition coefficient (Wildman–Crippen LogP) is 4.04. The predicted molar refractivity (Wildman–Crippen MR) is 66.7 cm³/mol. The number of hydrogen-bond acceptors (Lipinski definition) is 1. The first-order valence-corrected chi connectivity index (χ1v) is 6.31. The monoisotopic (exact) mass is 216 g/mol. The fraction of sp³-hybridized carbons (Fsp3) is 0.533. The van der Waals surface area contributed by atoms with Gasteiger partial charge in [-0.05, 0) is 29.9 Å². The number of ketones is 1. The molecule has 16 heavy (non-hydrogen) atoms. The Kier molecular flexibility index (Phi) is 3.42. The molecule has 1 aromatic carbocycles. The maximum atomic E-state index is 11.8. The second-order valence-corrected chi connectivity index (χ2v) is 5.09. The van der Waals surface area contributed by atoms with Gasteiger partial charge in [0.2, 0.25) is 0 Å². The minimum atomic E-state index is 0.176. The average Bonchev–Trinajstić information content (AvgIpc) is 2.30. The highest BCUT2D eigenvalue weighted by atomic mass is 16.1. The molecule has 0 aliphatic heterocycles. The first-order valence-electron chi connectivity index (χ1n) is 6.31. The maximum Gasteiger partial charge on any atom is 0.140 e. The third-order valence-electron chi connectivity index (χ3n) is 3.56. The molecule has 0 heterocycles. The van der Waals surface area contributed by atoms with E-state index < -0.39 is 0 Å². The molecule has 1 nitrogen and oxygen atoms in total. The van der Waals surface area contributed by atoms with E-state index in [-0.39, 0.29) is 5.92 Å². The van der Waals surface area contributed by atoms with Crippen molar-refractivity contribution < 1.29 is 4.79 Å². The summed E-state index contributed by atoms with van der Waals surface area (Å²) >= 11 is 0. The summed E-state index contributed by atoms with van der Waals surface area (Å²) in [5.74, 6) is 1.18. The first-order chi connectivity index (χ1) is 7.68. The molecule has 1 saturated carbocycles. The van der Waals surface area contributed by atoms with E-state index in [2.05, 4.69) is 38.1 Å². The Morgan fingerprint density at radius 3 is 2.38 bits per heavy atom. The van der Waals surface area contributed by atoms with E-state index in [9.17, 15) is 4.79 Å². The van der Waals surface area contributed by atoms with Crippen LogP contribution < -0.4 is 0 Å². The van der Waals surface area contributed by atoms with Crippen molar-refractivity contribution in [1.29, 1.82) is 0 Å². The molecule has 0 unspecified atom stereocenters. The molecular formula is C15H20O. The van der Waals surface area contributed by atoms with E-state index in [1.165, 1.54) is 17.5 Å². The van der Waals surface area contributed by atoms with Crippen LogP contribution in [0.25, 0.3) is 0 Å². The Hall–Kier alpha value is -1.11. The summed E-state index contributed by atoms with van der Waals surface area (Å²) in [6.45, 7) is 4.39. The number of hydrogen-bond donors (Lipinski definition) is 0. The van der Waals surface area contributed by atoms with E-state index in [0.717, 1.165) is 19.3 Å². The molecule has 1 aromatic rings. The highest BCUT2D eigenvalue weighted by Gasteiger charge is 2.23. The lowest BCUT2D eigenvalue weighted by Gasteiger charge is -2.21. The lowest BCUT2D eigenvalue weighted by Crippen LogP contribution is -2.16. The van der Waals surface area contributed by atoms with Crippen LogP contribution in [0.4, 0.5) is 0 Å². The molecule has 1 aliphatic rings. The van der Waals surface area contributed by atoms with Gasteiger partial charge in [-0.25, -0.2) is 0 Å². The third-order valence-corrected chi connectivity index (χ3v) is 3.56. The Balaban J connectivity index is 2.17. The normalized spacial score (nSPS) is 21.4. The van der Waals surface area contributed by atoms with Crippen molar-refractivity contribution in [2.45, 2.75) is 51.4 Å². The summed E-state index contributed by atoms with van der Waals surface area (Å²) in [6.07, 6.45) is 4.10. The molecule has 0 N–H and O–H groups in total. The van der Waals surface area contributed by atoms with Gasteiger partial charge in [0.1, 0.15) is 5.78 Å². The number of carbonyl (C=O) groups is 1. The van der Waals surface area contributed by atoms with Crippen LogP contribution in [0.5, 0.6) is 0 Å². The third kappa shape index (κ3) is 2.34. The van der Waals surface area contributed by atoms with E-state index in [1.54, 1.807) is 0 Å². The smallest absolute Gasteiger partial charge is 0.140 e. The highest BCUT2D eigenvalue weighted by molar-refractivity contribution is 5.86. The summed E-state index contributed by atoms with van der Waals surface area (Å²) < 4.78 is 0. The van der Waals surface area contributed by atoms with Crippen molar-refractivity contribution in [3.8, 4) is 0 Å². The minimum absolute atomic E-state index is 0.176. The van der Waals surface area contributed by atoms with Crippen LogP contribution in [0, 0.1) is 0 Å². The van der Waals surface area contributed by atoms with Crippen LogP contribution in [0.2, 0.25) is 0 Å². The lowest BCUT2D eigenvalue weighted by molar-refractivity contribution is -0.121. The average molecular weight is 216 g/mol. The van der Waals surface area contributed by atoms with Crippen LogP contribution >= 0.6 is 0 Å². The van der Waals surface area contributed by atoms with Crippen molar-refractivity contribution in [2.24, 2.45) is 0 Å². The maximum absolute atomic E-state index is 11.8. The van der Waals surface area contributed by atoms with Crippen LogP contribution in [-0.2, 0) is 4.79 Å². The SMILES string of the molecule is CC(C)c1ccc([C@H]2CCCCC2=O)cc1. The topological polar surface area (TPSA) is 17.1 Å². The number of Topliss-reactive ketones (excluding diaryl/α,β-unsaturated/α-hetero) is 1. The summed E-state index contributed by atoms with van der Waals surface area (Å²) in [6, 6.07) is 8.62. The number of rotatable bonds is 2. The van der Waals surface area contributed by atoms with Gasteiger partial charge in [0.05, 0.1) is 0 Å². The summed E-state index contributed by atoms with van der Waals surface area (Å²) in [5, 5.41) is 0. The molecule has 0 spiro atoms. The Morgan fingerprint density at radius 2 is 1.81 bits per heavy atom. The van der Waals surface area contributed by atoms with E-state index in [1.807, 2.05) is 0 Å². The zero-order chi connectivity index (χ0) is 11.5. The molecule has 1 heteroatoms. The van der Waals surface area contributed by atoms with Crippen molar-refractivity contribution >= 4 is 5.78 Å². The van der Waals surface area contributed by atoms with Crippen LogP contribution in [-0.4, -0.2) is 5.78 Å². The highest BCUT2D eigenvalue weighted by Crippen LogP contribution is 2.30. The fourth-order valence-corrected chi connectivity index (χ4v) is 2.45. The Labute approximate surface area is 97.9 Å². The Bertz CT molecular complexity index is 362. The molecular weight excluding hydrogens is 196 g/mol. The first kappa shape index (κ1) is 11.4. The van der Waals surface area contributed by atoms with Crippen LogP contribution in [0.3, 0.4) is 0 Å². The van der Waals surface area contributed by atoms with Crippen molar-refractivity contribution in [3.63, 3.8) is 0 Å². The molecule has 1 aliphatic carbocycles. The van der Waals surface area contributed by atoms with E-state index in [0.29, 0.717) is 11.7 Å². The van der Waals surface area contributed by atoms with Gasteiger partial charge in [-0.1, -0.05) is 44.5 Å². The molecule has 1 fully saturated rings. The molecule has 0 radical (unpaired) electrons. The van der Waals surface area contributed by atoms with Crippen molar-refractivity contribution in [3.05, 3.63) is 35.4 Å². The largest absolute Gasteiger partial charge is 0.299 e. The minimum Gasteiger partial charge on any atom is -0.299 e. The Morgan fingerprint density at radius 1 is 1.12 bits per heavy atom. The van der Waals surface area contributed by atoms with Gasteiger partial charge in [-0.2, -0.15) is 0 Å². The second kappa shape index (κ2) is 4.82. The molecule has 0 aromatic heterocycles. The zero-order valence-electron chi connectivity index (χ0n) is 10.2. The summed E-state index contributed by atoms with van der Waals surface area (Å²) in [5.41, 5.74) is 2.57. The van der Waals surface area contributed by atoms with Gasteiger partial charge >= 0.3 is 0 Å². The molecule has 86 valence electrons. The quantitative estimate of drug-likeness (QED) is 0.729.